The monoisotopic (exact) mass is 612 g/mol. The number of nitrogens with one attached hydrogen (secondary N) is 1. The van der Waals surface area contributed by atoms with Crippen LogP contribution in [0, 0.1) is 17.5 Å². The second-order valence-corrected chi connectivity index (χ2v) is 10.8. The summed E-state index contributed by atoms with van der Waals surface area (Å²) in [6.45, 7) is 0.315. The van der Waals surface area contributed by atoms with Crippen molar-refractivity contribution in [2.24, 2.45) is 0 Å². The van der Waals surface area contributed by atoms with E-state index >= 15 is 0 Å². The highest BCUT2D eigenvalue weighted by atomic mass is 19.4. The van der Waals surface area contributed by atoms with Crippen molar-refractivity contribution in [1.82, 2.24) is 29.2 Å². The van der Waals surface area contributed by atoms with E-state index in [4.69, 9.17) is 0 Å². The van der Waals surface area contributed by atoms with Crippen molar-refractivity contribution in [3.05, 3.63) is 99.0 Å². The Morgan fingerprint density at radius 2 is 1.73 bits per heavy atom. The third kappa shape index (κ3) is 4.38. The number of rotatable bonds is 3. The molecule has 8 nitrogen and oxygen atoms in total. The molecule has 0 bridgehead atoms. The van der Waals surface area contributed by atoms with E-state index in [1.54, 1.807) is 6.07 Å². The molecule has 1 saturated heterocycles. The van der Waals surface area contributed by atoms with E-state index in [-0.39, 0.29) is 48.3 Å². The number of pyridine rings is 1. The molecule has 0 saturated carbocycles. The number of hydrogen-bond acceptors (Lipinski definition) is 4. The molecular weight excluding hydrogens is 590 g/mol. The van der Waals surface area contributed by atoms with Crippen LogP contribution in [0.5, 0.6) is 0 Å². The van der Waals surface area contributed by atoms with Crippen molar-refractivity contribution in [3.63, 3.8) is 0 Å². The highest BCUT2D eigenvalue weighted by Gasteiger charge is 2.37. The molecule has 1 fully saturated rings. The lowest BCUT2D eigenvalue weighted by Crippen LogP contribution is -2.41. The number of imidazole rings is 1. The number of nitrogens with zero attached hydrogens (tertiary/aromatic N) is 5. The van der Waals surface area contributed by atoms with Gasteiger partial charge >= 0.3 is 11.9 Å². The topological polar surface area (TPSA) is 88.8 Å². The molecule has 4 heterocycles. The van der Waals surface area contributed by atoms with E-state index in [0.29, 0.717) is 41.9 Å². The van der Waals surface area contributed by atoms with Gasteiger partial charge in [0.2, 0.25) is 0 Å². The Labute approximate surface area is 244 Å². The second kappa shape index (κ2) is 10.1. The maximum Gasteiger partial charge on any atom is 0.419 e. The van der Waals surface area contributed by atoms with Crippen molar-refractivity contribution in [2.45, 2.75) is 37.9 Å². The average molecular weight is 613 g/mol. The van der Waals surface area contributed by atoms with Crippen LogP contribution in [0.2, 0.25) is 0 Å². The van der Waals surface area contributed by atoms with E-state index in [1.165, 1.54) is 26.4 Å². The molecule has 2 aromatic carbocycles. The average Bonchev–Trinajstić information content (AvgIpc) is 3.57. The highest BCUT2D eigenvalue weighted by Crippen LogP contribution is 2.38. The lowest BCUT2D eigenvalue weighted by molar-refractivity contribution is -0.140. The number of benzene rings is 2. The molecule has 226 valence electrons. The van der Waals surface area contributed by atoms with Gasteiger partial charge in [0.25, 0.3) is 5.91 Å². The van der Waals surface area contributed by atoms with Crippen LogP contribution >= 0.6 is 0 Å². The molecule has 5 aromatic rings. The molecule has 3 aromatic heterocycles. The Balaban J connectivity index is 1.24. The summed E-state index contributed by atoms with van der Waals surface area (Å²) in [6.07, 6.45) is -2.01. The highest BCUT2D eigenvalue weighted by molar-refractivity contribution is 5.96. The molecule has 1 N–H and O–H groups in total. The first-order chi connectivity index (χ1) is 21.0. The summed E-state index contributed by atoms with van der Waals surface area (Å²) >= 11 is 0. The Morgan fingerprint density at radius 1 is 0.977 bits per heavy atom. The number of carbonyl (C=O) groups excluding carboxylic acids is 1. The van der Waals surface area contributed by atoms with Crippen LogP contribution in [0.4, 0.5) is 26.3 Å². The van der Waals surface area contributed by atoms with Gasteiger partial charge in [-0.25, -0.2) is 22.6 Å². The van der Waals surface area contributed by atoms with Crippen LogP contribution in [0.15, 0.2) is 53.5 Å². The quantitative estimate of drug-likeness (QED) is 0.269. The number of fused-ring (bicyclic) bond motifs is 4. The molecule has 2 aliphatic rings. The second-order valence-electron chi connectivity index (χ2n) is 10.8. The van der Waals surface area contributed by atoms with Gasteiger partial charge in [-0.2, -0.15) is 18.3 Å². The summed E-state index contributed by atoms with van der Waals surface area (Å²) in [5.41, 5.74) is 0.0328. The van der Waals surface area contributed by atoms with E-state index in [1.807, 2.05) is 6.07 Å². The maximum absolute atomic E-state index is 14.7. The SMILES string of the molecule is O=C(c1nn(-c2ccc(F)c(C(F)(F)F)c2)c2c1CCc1cccnc1-2)N1CCC(n2c(=O)[nH]c3ccc(F)c(F)c32)CC1. The minimum absolute atomic E-state index is 0.0324. The summed E-state index contributed by atoms with van der Waals surface area (Å²) in [6, 6.07) is 7.80. The minimum Gasteiger partial charge on any atom is -0.337 e. The van der Waals surface area contributed by atoms with Crippen LogP contribution in [-0.4, -0.2) is 48.2 Å². The Bertz CT molecular complexity index is 2020. The van der Waals surface area contributed by atoms with Gasteiger partial charge in [0, 0.05) is 30.9 Å². The number of aryl methyl sites for hydroxylation is 1. The first-order valence-electron chi connectivity index (χ1n) is 13.8. The predicted octanol–water partition coefficient (Wildman–Crippen LogP) is 5.59. The molecule has 0 unspecified atom stereocenters. The molecule has 0 atom stereocenters. The molecule has 44 heavy (non-hydrogen) atoms. The summed E-state index contributed by atoms with van der Waals surface area (Å²) in [7, 11) is 0. The fourth-order valence-corrected chi connectivity index (χ4v) is 6.24. The number of hydrogen-bond donors (Lipinski definition) is 1. The van der Waals surface area contributed by atoms with E-state index in [2.05, 4.69) is 15.1 Å². The fraction of sp³-hybridized carbons (Fsp3) is 0.267. The number of aromatic nitrogens is 5. The van der Waals surface area contributed by atoms with Crippen molar-refractivity contribution in [2.75, 3.05) is 13.1 Å². The standard InChI is InChI=1S/C30H22F6N6O2/c31-20-6-4-17(14-19(20)30(34,35)36)42-26-18(5-3-15-2-1-11-37-24(15)26)25(39-42)28(43)40-12-9-16(10-13-40)41-27-22(38-29(41)44)8-7-21(32)23(27)33/h1-2,4,6-8,11,14,16H,3,5,9-10,12-13H2,(H,38,44). The largest absolute Gasteiger partial charge is 0.419 e. The zero-order valence-corrected chi connectivity index (χ0v) is 22.8. The van der Waals surface area contributed by atoms with E-state index in [9.17, 15) is 35.9 Å². The van der Waals surface area contributed by atoms with Crippen LogP contribution in [0.3, 0.4) is 0 Å². The molecule has 7 rings (SSSR count). The van der Waals surface area contributed by atoms with Crippen molar-refractivity contribution in [1.29, 1.82) is 0 Å². The van der Waals surface area contributed by atoms with Gasteiger partial charge in [-0.05, 0) is 67.6 Å². The first kappa shape index (κ1) is 27.9. The number of H-pyrrole nitrogens is 1. The van der Waals surface area contributed by atoms with Crippen LogP contribution in [0.1, 0.15) is 46.1 Å². The third-order valence-corrected chi connectivity index (χ3v) is 8.33. The zero-order chi connectivity index (χ0) is 30.9. The van der Waals surface area contributed by atoms with Gasteiger partial charge in [0.15, 0.2) is 17.3 Å². The van der Waals surface area contributed by atoms with Crippen molar-refractivity contribution >= 4 is 16.9 Å². The number of aromatic amines is 1. The van der Waals surface area contributed by atoms with Crippen molar-refractivity contribution < 1.29 is 31.1 Å². The zero-order valence-electron chi connectivity index (χ0n) is 22.8. The van der Waals surface area contributed by atoms with Gasteiger partial charge in [-0.15, -0.1) is 0 Å². The Hall–Kier alpha value is -4.88. The predicted molar refractivity (Wildman–Crippen MR) is 146 cm³/mol. The lowest BCUT2D eigenvalue weighted by atomic mass is 9.92. The Kier molecular flexibility index (Phi) is 6.41. The minimum atomic E-state index is -4.95. The number of likely N-dealkylation sites (tertiary alicyclic amines) is 1. The summed E-state index contributed by atoms with van der Waals surface area (Å²) in [5.74, 6) is -4.13. The number of carbonyl (C=O) groups is 1. The maximum atomic E-state index is 14.7. The summed E-state index contributed by atoms with van der Waals surface area (Å²) in [4.78, 5) is 35.0. The van der Waals surface area contributed by atoms with Crippen LogP contribution in [-0.2, 0) is 19.0 Å². The van der Waals surface area contributed by atoms with Crippen LogP contribution < -0.4 is 5.69 Å². The summed E-state index contributed by atoms with van der Waals surface area (Å²) in [5, 5.41) is 4.48. The number of piperidine rings is 1. The normalized spacial score (nSPS) is 15.5. The van der Waals surface area contributed by atoms with Crippen LogP contribution in [0.25, 0.3) is 28.1 Å². The first-order valence-corrected chi connectivity index (χ1v) is 13.8. The lowest BCUT2D eigenvalue weighted by Gasteiger charge is -2.32. The molecule has 14 heteroatoms. The molecule has 0 radical (unpaired) electrons. The fourth-order valence-electron chi connectivity index (χ4n) is 6.24. The smallest absolute Gasteiger partial charge is 0.337 e. The molecule has 1 aliphatic heterocycles. The van der Waals surface area contributed by atoms with Crippen molar-refractivity contribution in [3.8, 4) is 17.1 Å². The molecule has 0 spiro atoms. The van der Waals surface area contributed by atoms with E-state index in [0.717, 1.165) is 17.7 Å². The number of amides is 1. The molecule has 1 amide bonds. The Morgan fingerprint density at radius 3 is 2.48 bits per heavy atom. The summed E-state index contributed by atoms with van der Waals surface area (Å²) < 4.78 is 85.9. The molecular formula is C30H22F6N6O2. The van der Waals surface area contributed by atoms with Gasteiger partial charge in [-0.3, -0.25) is 14.3 Å². The van der Waals surface area contributed by atoms with Gasteiger partial charge in [-0.1, -0.05) is 6.07 Å². The number of alkyl halides is 3. The molecule has 1 aliphatic carbocycles. The van der Waals surface area contributed by atoms with E-state index < -0.39 is 46.8 Å². The third-order valence-electron chi connectivity index (χ3n) is 8.33. The number of halogens is 6. The van der Waals surface area contributed by atoms with Gasteiger partial charge < -0.3 is 9.88 Å². The van der Waals surface area contributed by atoms with Gasteiger partial charge in [0.1, 0.15) is 11.3 Å². The van der Waals surface area contributed by atoms with Gasteiger partial charge in [0.05, 0.1) is 28.2 Å².